The van der Waals surface area contributed by atoms with Gasteiger partial charge in [-0.2, -0.15) is 0 Å². The van der Waals surface area contributed by atoms with Gasteiger partial charge in [-0.25, -0.2) is 4.79 Å². The van der Waals surface area contributed by atoms with Gasteiger partial charge in [0.05, 0.1) is 5.02 Å². The van der Waals surface area contributed by atoms with E-state index < -0.39 is 6.09 Å². The van der Waals surface area contributed by atoms with Gasteiger partial charge in [-0.05, 0) is 22.3 Å². The molecule has 0 fully saturated rings. The van der Waals surface area contributed by atoms with Crippen molar-refractivity contribution in [2.45, 2.75) is 12.3 Å². The summed E-state index contributed by atoms with van der Waals surface area (Å²) in [7, 11) is 0. The van der Waals surface area contributed by atoms with Crippen LogP contribution in [0.25, 0.3) is 11.1 Å². The van der Waals surface area contributed by atoms with Crippen LogP contribution >= 0.6 is 11.6 Å². The number of carbonyl (C=O) groups excluding carboxylic acids is 1. The molecular formula is C26H20ClNO4. The van der Waals surface area contributed by atoms with Crippen LogP contribution in [0.1, 0.15) is 29.0 Å². The van der Waals surface area contributed by atoms with Crippen LogP contribution in [0.15, 0.2) is 60.7 Å². The highest BCUT2D eigenvalue weighted by Gasteiger charge is 2.28. The largest absolute Gasteiger partial charge is 0.454 e. The Kier molecular flexibility index (Phi) is 5.62. The van der Waals surface area contributed by atoms with E-state index in [-0.39, 0.29) is 12.7 Å². The maximum absolute atomic E-state index is 12.2. The van der Waals surface area contributed by atoms with Gasteiger partial charge in [-0.1, -0.05) is 72.0 Å². The number of carbonyl (C=O) groups is 1. The molecule has 0 saturated heterocycles. The lowest BCUT2D eigenvalue weighted by Crippen LogP contribution is -2.26. The standard InChI is InChI=1S/C26H20ClNO4/c27-23-14-25-24(31-16-32-25)13-17(23)7-5-6-12-28-26(29)30-15-22-20-10-3-1-8-18(20)19-9-2-4-11-21(19)22/h1-4,8-11,13-14,22H,6,12,15-16H2,(H,28,29). The molecule has 5 rings (SSSR count). The highest BCUT2D eigenvalue weighted by atomic mass is 35.5. The Morgan fingerprint density at radius 3 is 2.41 bits per heavy atom. The van der Waals surface area contributed by atoms with Crippen molar-refractivity contribution in [2.24, 2.45) is 0 Å². The SMILES string of the molecule is O=C(NCCC#Cc1cc2c(cc1Cl)OCO2)OCC1c2ccccc2-c2ccccc21. The molecule has 1 heterocycles. The predicted molar refractivity (Wildman–Crippen MR) is 122 cm³/mol. The average molecular weight is 446 g/mol. The lowest BCUT2D eigenvalue weighted by molar-refractivity contribution is 0.143. The molecule has 32 heavy (non-hydrogen) atoms. The summed E-state index contributed by atoms with van der Waals surface area (Å²) in [5.74, 6) is 7.32. The van der Waals surface area contributed by atoms with E-state index in [1.807, 2.05) is 24.3 Å². The van der Waals surface area contributed by atoms with Crippen LogP contribution in [-0.2, 0) is 4.74 Å². The zero-order chi connectivity index (χ0) is 21.9. The molecule has 160 valence electrons. The third kappa shape index (κ3) is 3.98. The molecule has 1 aliphatic carbocycles. The molecule has 0 atom stereocenters. The first kappa shape index (κ1) is 20.3. The second kappa shape index (κ2) is 8.86. The first-order chi connectivity index (χ1) is 15.7. The van der Waals surface area contributed by atoms with Crippen molar-refractivity contribution in [2.75, 3.05) is 19.9 Å². The summed E-state index contributed by atoms with van der Waals surface area (Å²) in [5, 5.41) is 3.26. The summed E-state index contributed by atoms with van der Waals surface area (Å²) in [6, 6.07) is 20.0. The van der Waals surface area contributed by atoms with Crippen LogP contribution in [0.4, 0.5) is 4.79 Å². The first-order valence-corrected chi connectivity index (χ1v) is 10.8. The first-order valence-electron chi connectivity index (χ1n) is 10.4. The number of rotatable bonds is 4. The minimum absolute atomic E-state index is 0.0427. The molecule has 0 spiro atoms. The van der Waals surface area contributed by atoms with Crippen LogP contribution < -0.4 is 14.8 Å². The van der Waals surface area contributed by atoms with Gasteiger partial charge in [0.1, 0.15) is 6.61 Å². The highest BCUT2D eigenvalue weighted by molar-refractivity contribution is 6.32. The van der Waals surface area contributed by atoms with E-state index in [2.05, 4.69) is 41.4 Å². The summed E-state index contributed by atoms with van der Waals surface area (Å²) >= 11 is 6.22. The molecule has 1 amide bonds. The van der Waals surface area contributed by atoms with Crippen molar-refractivity contribution >= 4 is 17.7 Å². The van der Waals surface area contributed by atoms with Crippen molar-refractivity contribution in [3.05, 3.63) is 82.4 Å². The minimum Gasteiger partial charge on any atom is -0.454 e. The van der Waals surface area contributed by atoms with Gasteiger partial charge < -0.3 is 19.5 Å². The van der Waals surface area contributed by atoms with E-state index in [1.54, 1.807) is 12.1 Å². The fraction of sp³-hybridized carbons (Fsp3) is 0.192. The maximum atomic E-state index is 12.2. The molecule has 0 aromatic heterocycles. The summed E-state index contributed by atoms with van der Waals surface area (Å²) in [6.45, 7) is 0.858. The number of fused-ring (bicyclic) bond motifs is 4. The van der Waals surface area contributed by atoms with Crippen molar-refractivity contribution in [3.8, 4) is 34.5 Å². The number of benzene rings is 3. The van der Waals surface area contributed by atoms with E-state index >= 15 is 0 Å². The zero-order valence-electron chi connectivity index (χ0n) is 17.2. The molecule has 3 aromatic carbocycles. The lowest BCUT2D eigenvalue weighted by Gasteiger charge is -2.14. The lowest BCUT2D eigenvalue weighted by atomic mass is 9.98. The van der Waals surface area contributed by atoms with E-state index in [0.717, 1.165) is 0 Å². The van der Waals surface area contributed by atoms with E-state index in [1.165, 1.54) is 22.3 Å². The van der Waals surface area contributed by atoms with Gasteiger partial charge in [-0.15, -0.1) is 0 Å². The number of hydrogen-bond donors (Lipinski definition) is 1. The molecule has 3 aromatic rings. The van der Waals surface area contributed by atoms with Crippen LogP contribution in [0.3, 0.4) is 0 Å². The van der Waals surface area contributed by atoms with Crippen molar-refractivity contribution in [1.82, 2.24) is 5.32 Å². The van der Waals surface area contributed by atoms with Gasteiger partial charge in [0.25, 0.3) is 0 Å². The van der Waals surface area contributed by atoms with Crippen LogP contribution in [0, 0.1) is 11.8 Å². The van der Waals surface area contributed by atoms with Crippen LogP contribution in [0.5, 0.6) is 11.5 Å². The fourth-order valence-electron chi connectivity index (χ4n) is 4.05. The van der Waals surface area contributed by atoms with Gasteiger partial charge in [0.2, 0.25) is 6.79 Å². The number of alkyl carbamates (subject to hydrolysis) is 1. The summed E-state index contributed by atoms with van der Waals surface area (Å²) < 4.78 is 16.2. The number of ether oxygens (including phenoxy) is 3. The molecule has 0 radical (unpaired) electrons. The molecule has 0 unspecified atom stereocenters. The third-order valence-electron chi connectivity index (χ3n) is 5.55. The molecule has 5 nitrogen and oxygen atoms in total. The topological polar surface area (TPSA) is 56.8 Å². The molecule has 1 N–H and O–H groups in total. The second-order valence-corrected chi connectivity index (χ2v) is 7.90. The smallest absolute Gasteiger partial charge is 0.407 e. The maximum Gasteiger partial charge on any atom is 0.407 e. The molecule has 6 heteroatoms. The third-order valence-corrected chi connectivity index (χ3v) is 5.86. The van der Waals surface area contributed by atoms with E-state index in [0.29, 0.717) is 41.7 Å². The van der Waals surface area contributed by atoms with Gasteiger partial charge >= 0.3 is 6.09 Å². The Bertz CT molecular complexity index is 1200. The summed E-state index contributed by atoms with van der Waals surface area (Å²) in [6.07, 6.45) is 0.0179. The van der Waals surface area contributed by atoms with Crippen molar-refractivity contribution in [1.29, 1.82) is 0 Å². The van der Waals surface area contributed by atoms with Gasteiger partial charge in [0, 0.05) is 36.6 Å². The molecule has 0 saturated carbocycles. The van der Waals surface area contributed by atoms with E-state index in [9.17, 15) is 4.79 Å². The normalized spacial score (nSPS) is 13.0. The van der Waals surface area contributed by atoms with Crippen molar-refractivity contribution in [3.63, 3.8) is 0 Å². The van der Waals surface area contributed by atoms with E-state index in [4.69, 9.17) is 25.8 Å². The summed E-state index contributed by atoms with van der Waals surface area (Å²) in [5.41, 5.74) is 5.45. The Morgan fingerprint density at radius 2 is 1.69 bits per heavy atom. The second-order valence-electron chi connectivity index (χ2n) is 7.49. The fourth-order valence-corrected chi connectivity index (χ4v) is 4.25. The number of halogens is 1. The average Bonchev–Trinajstić information content (AvgIpc) is 3.39. The Hall–Kier alpha value is -3.62. The monoisotopic (exact) mass is 445 g/mol. The minimum atomic E-state index is -0.449. The van der Waals surface area contributed by atoms with Gasteiger partial charge in [0.15, 0.2) is 11.5 Å². The van der Waals surface area contributed by atoms with Crippen molar-refractivity contribution < 1.29 is 19.0 Å². The quantitative estimate of drug-likeness (QED) is 0.434. The predicted octanol–water partition coefficient (Wildman–Crippen LogP) is 5.35. The number of nitrogens with one attached hydrogen (secondary N) is 1. The van der Waals surface area contributed by atoms with Crippen LogP contribution in [0.2, 0.25) is 5.02 Å². The molecule has 2 aliphatic rings. The molecular weight excluding hydrogens is 426 g/mol. The van der Waals surface area contributed by atoms with Gasteiger partial charge in [-0.3, -0.25) is 0 Å². The number of amides is 1. The Balaban J connectivity index is 1.14. The highest BCUT2D eigenvalue weighted by Crippen LogP contribution is 2.44. The summed E-state index contributed by atoms with van der Waals surface area (Å²) in [4.78, 5) is 12.2. The number of hydrogen-bond acceptors (Lipinski definition) is 4. The Labute approximate surface area is 191 Å². The Morgan fingerprint density at radius 1 is 1.03 bits per heavy atom. The zero-order valence-corrected chi connectivity index (χ0v) is 17.9. The molecule has 1 aliphatic heterocycles. The van der Waals surface area contributed by atoms with Crippen LogP contribution in [-0.4, -0.2) is 26.0 Å². The molecule has 0 bridgehead atoms.